The molecule has 0 spiro atoms. The van der Waals surface area contributed by atoms with Crippen molar-refractivity contribution < 1.29 is 9.59 Å². The number of carbonyl (C=O) groups is 2. The van der Waals surface area contributed by atoms with E-state index in [1.807, 2.05) is 24.3 Å². The maximum Gasteiger partial charge on any atom is 0.248 e. The van der Waals surface area contributed by atoms with Crippen LogP contribution in [-0.4, -0.2) is 11.8 Å². The third kappa shape index (κ3) is 2.67. The first-order valence-electron chi connectivity index (χ1n) is 9.92. The molecule has 1 aromatic rings. The summed E-state index contributed by atoms with van der Waals surface area (Å²) in [6.45, 7) is 2.16. The average Bonchev–Trinajstić information content (AvgIpc) is 2.92. The third-order valence-electron chi connectivity index (χ3n) is 7.22. The lowest BCUT2D eigenvalue weighted by atomic mass is 9.48. The van der Waals surface area contributed by atoms with Crippen LogP contribution >= 0.6 is 0 Å². The maximum atomic E-state index is 12.6. The van der Waals surface area contributed by atoms with Gasteiger partial charge in [-0.25, -0.2) is 0 Å². The van der Waals surface area contributed by atoms with Crippen LogP contribution in [0.2, 0.25) is 0 Å². The molecule has 4 nitrogen and oxygen atoms in total. The number of hydrogen-bond acceptors (Lipinski definition) is 2. The Hall–Kier alpha value is -2.10. The average molecular weight is 350 g/mol. The van der Waals surface area contributed by atoms with E-state index in [-0.39, 0.29) is 17.2 Å². The van der Waals surface area contributed by atoms with Crippen LogP contribution in [0.4, 0.5) is 11.4 Å². The van der Waals surface area contributed by atoms with Crippen LogP contribution in [0.1, 0.15) is 51.0 Å². The van der Waals surface area contributed by atoms with Gasteiger partial charge in [-0.3, -0.25) is 9.59 Å². The number of carbonyl (C=O) groups excluding carboxylic acids is 2. The molecule has 4 heteroatoms. The molecule has 4 aliphatic carbocycles. The number of nitrogens with one attached hydrogen (secondary N) is 2. The van der Waals surface area contributed by atoms with E-state index in [0.717, 1.165) is 34.7 Å². The number of allylic oxidation sites excluding steroid dienone is 1. The molecule has 0 saturated heterocycles. The minimum Gasteiger partial charge on any atom is -0.326 e. The quantitative estimate of drug-likeness (QED) is 0.799. The first-order valence-corrected chi connectivity index (χ1v) is 9.92. The van der Waals surface area contributed by atoms with Gasteiger partial charge in [-0.2, -0.15) is 0 Å². The van der Waals surface area contributed by atoms with Crippen molar-refractivity contribution in [3.63, 3.8) is 0 Å². The van der Waals surface area contributed by atoms with Crippen molar-refractivity contribution in [3.8, 4) is 0 Å². The molecular formula is C22H26N2O2. The molecular weight excluding hydrogens is 324 g/mol. The summed E-state index contributed by atoms with van der Waals surface area (Å²) in [5.74, 6) is 2.62. The SMILES string of the molecule is CC(=CC(=O)Nc1ccc2c(c1)CC(=O)N2)C12CC3CC(CC(C3)C1)C2. The van der Waals surface area contributed by atoms with Crippen LogP contribution in [0.3, 0.4) is 0 Å². The number of hydrogen-bond donors (Lipinski definition) is 2. The molecule has 0 unspecified atom stereocenters. The maximum absolute atomic E-state index is 12.6. The summed E-state index contributed by atoms with van der Waals surface area (Å²) in [5.41, 5.74) is 4.12. The first kappa shape index (κ1) is 16.1. The van der Waals surface area contributed by atoms with Crippen molar-refractivity contribution in [2.45, 2.75) is 51.9 Å². The van der Waals surface area contributed by atoms with Crippen LogP contribution in [0, 0.1) is 23.2 Å². The zero-order valence-corrected chi connectivity index (χ0v) is 15.3. The second kappa shape index (κ2) is 5.70. The lowest BCUT2D eigenvalue weighted by molar-refractivity contribution is -0.115. The zero-order chi connectivity index (χ0) is 17.9. The molecule has 0 radical (unpaired) electrons. The standard InChI is InChI=1S/C22H26N2O2/c1-13(22-10-14-5-15(11-22)7-16(6-14)12-22)4-20(25)23-18-2-3-19-17(8-18)9-21(26)24-19/h2-4,8,14-16H,5-7,9-12H2,1H3,(H,23,25)(H,24,26). The highest BCUT2D eigenvalue weighted by atomic mass is 16.2. The van der Waals surface area contributed by atoms with Gasteiger partial charge in [0.15, 0.2) is 0 Å². The Bertz CT molecular complexity index is 788. The highest BCUT2D eigenvalue weighted by Gasteiger charge is 2.51. The van der Waals surface area contributed by atoms with Gasteiger partial charge in [0.2, 0.25) is 11.8 Å². The van der Waals surface area contributed by atoms with Gasteiger partial charge in [-0.05, 0) is 92.4 Å². The molecule has 6 rings (SSSR count). The topological polar surface area (TPSA) is 58.2 Å². The Labute approximate surface area is 154 Å². The fourth-order valence-corrected chi connectivity index (χ4v) is 6.43. The van der Waals surface area contributed by atoms with E-state index in [4.69, 9.17) is 0 Å². The van der Waals surface area contributed by atoms with Gasteiger partial charge in [0.25, 0.3) is 0 Å². The summed E-state index contributed by atoms with van der Waals surface area (Å²) in [5, 5.41) is 5.82. The van der Waals surface area contributed by atoms with Crippen LogP contribution < -0.4 is 10.6 Å². The van der Waals surface area contributed by atoms with E-state index in [9.17, 15) is 9.59 Å². The second-order valence-corrected chi connectivity index (χ2v) is 9.11. The molecule has 1 aliphatic heterocycles. The number of anilines is 2. The summed E-state index contributed by atoms with van der Waals surface area (Å²) in [6, 6.07) is 5.63. The van der Waals surface area contributed by atoms with Crippen LogP contribution in [0.5, 0.6) is 0 Å². The molecule has 4 saturated carbocycles. The number of fused-ring (bicyclic) bond motifs is 1. The molecule has 2 amide bonds. The third-order valence-corrected chi connectivity index (χ3v) is 7.22. The Kier molecular flexibility index (Phi) is 3.53. The van der Waals surface area contributed by atoms with Crippen molar-refractivity contribution in [1.29, 1.82) is 0 Å². The zero-order valence-electron chi connectivity index (χ0n) is 15.3. The molecule has 1 aromatic carbocycles. The van der Waals surface area contributed by atoms with Crippen molar-refractivity contribution in [2.75, 3.05) is 10.6 Å². The predicted octanol–water partition coefficient (Wildman–Crippen LogP) is 4.28. The molecule has 4 fully saturated rings. The molecule has 26 heavy (non-hydrogen) atoms. The van der Waals surface area contributed by atoms with E-state index < -0.39 is 0 Å². The summed E-state index contributed by atoms with van der Waals surface area (Å²) < 4.78 is 0. The van der Waals surface area contributed by atoms with Crippen molar-refractivity contribution in [3.05, 3.63) is 35.4 Å². The van der Waals surface area contributed by atoms with Crippen LogP contribution in [-0.2, 0) is 16.0 Å². The first-order chi connectivity index (χ1) is 12.5. The number of rotatable bonds is 3. The molecule has 0 atom stereocenters. The van der Waals surface area contributed by atoms with Gasteiger partial charge in [0, 0.05) is 17.5 Å². The number of benzene rings is 1. The van der Waals surface area contributed by atoms with Gasteiger partial charge < -0.3 is 10.6 Å². The summed E-state index contributed by atoms with van der Waals surface area (Å²) in [4.78, 5) is 24.1. The van der Waals surface area contributed by atoms with Crippen molar-refractivity contribution in [2.24, 2.45) is 23.2 Å². The monoisotopic (exact) mass is 350 g/mol. The minimum absolute atomic E-state index is 0.0148. The summed E-state index contributed by atoms with van der Waals surface area (Å²) in [6.07, 6.45) is 10.3. The summed E-state index contributed by atoms with van der Waals surface area (Å²) >= 11 is 0. The van der Waals surface area contributed by atoms with Gasteiger partial charge >= 0.3 is 0 Å². The molecule has 2 N–H and O–H groups in total. The van der Waals surface area contributed by atoms with Crippen LogP contribution in [0.15, 0.2) is 29.8 Å². The van der Waals surface area contributed by atoms with Crippen LogP contribution in [0.25, 0.3) is 0 Å². The number of amides is 2. The van der Waals surface area contributed by atoms with E-state index in [2.05, 4.69) is 17.6 Å². The molecule has 5 aliphatic rings. The smallest absolute Gasteiger partial charge is 0.248 e. The van der Waals surface area contributed by atoms with Crippen molar-refractivity contribution >= 4 is 23.2 Å². The second-order valence-electron chi connectivity index (χ2n) is 9.11. The Morgan fingerprint density at radius 1 is 1.15 bits per heavy atom. The van der Waals surface area contributed by atoms with E-state index in [1.54, 1.807) is 0 Å². The van der Waals surface area contributed by atoms with Gasteiger partial charge in [-0.15, -0.1) is 0 Å². The Morgan fingerprint density at radius 2 is 1.81 bits per heavy atom. The fourth-order valence-electron chi connectivity index (χ4n) is 6.43. The van der Waals surface area contributed by atoms with Gasteiger partial charge in [0.05, 0.1) is 6.42 Å². The lowest BCUT2D eigenvalue weighted by Crippen LogP contribution is -2.46. The Morgan fingerprint density at radius 3 is 2.46 bits per heavy atom. The van der Waals surface area contributed by atoms with Gasteiger partial charge in [-0.1, -0.05) is 5.57 Å². The van der Waals surface area contributed by atoms with Crippen molar-refractivity contribution in [1.82, 2.24) is 0 Å². The minimum atomic E-state index is -0.0459. The predicted molar refractivity (Wildman–Crippen MR) is 102 cm³/mol. The highest BCUT2D eigenvalue weighted by molar-refractivity contribution is 6.02. The van der Waals surface area contributed by atoms with E-state index in [0.29, 0.717) is 6.42 Å². The molecule has 136 valence electrons. The molecule has 1 heterocycles. The highest BCUT2D eigenvalue weighted by Crippen LogP contribution is 2.62. The largest absolute Gasteiger partial charge is 0.326 e. The normalized spacial score (nSPS) is 34.6. The fraction of sp³-hybridized carbons (Fsp3) is 0.545. The van der Waals surface area contributed by atoms with E-state index >= 15 is 0 Å². The van der Waals surface area contributed by atoms with Gasteiger partial charge in [0.1, 0.15) is 0 Å². The lowest BCUT2D eigenvalue weighted by Gasteiger charge is -2.57. The molecule has 4 bridgehead atoms. The molecule has 0 aromatic heterocycles. The van der Waals surface area contributed by atoms with E-state index in [1.165, 1.54) is 44.1 Å². The Balaban J connectivity index is 1.32. The summed E-state index contributed by atoms with van der Waals surface area (Å²) in [7, 11) is 0.